The maximum Gasteiger partial charge on any atom is 0.328 e. The molecule has 1 aromatic carbocycles. The summed E-state index contributed by atoms with van der Waals surface area (Å²) < 4.78 is 13.5. The average molecular weight is 269 g/mol. The number of nitrogens with one attached hydrogen (secondary N) is 2. The molecule has 7 heteroatoms. The first-order valence-electron chi connectivity index (χ1n) is 4.81. The van der Waals surface area contributed by atoms with Crippen molar-refractivity contribution in [1.82, 2.24) is 10.6 Å². The Hall–Kier alpha value is -2.21. The summed E-state index contributed by atoms with van der Waals surface area (Å²) >= 11 is 5.76. The molecule has 0 bridgehead atoms. The normalized spacial score (nSPS) is 15.2. The largest absolute Gasteiger partial charge is 0.328 e. The summed E-state index contributed by atoms with van der Waals surface area (Å²) in [5.74, 6) is -2.47. The molecule has 2 rings (SSSR count). The number of imide groups is 2. The van der Waals surface area contributed by atoms with Crippen molar-refractivity contribution >= 4 is 35.5 Å². The van der Waals surface area contributed by atoms with E-state index in [0.29, 0.717) is 0 Å². The zero-order valence-electron chi connectivity index (χ0n) is 8.79. The predicted octanol–water partition coefficient (Wildman–Crippen LogP) is 1.23. The Morgan fingerprint density at radius 2 is 1.72 bits per heavy atom. The van der Waals surface area contributed by atoms with E-state index in [1.54, 1.807) is 0 Å². The van der Waals surface area contributed by atoms with E-state index >= 15 is 0 Å². The molecule has 92 valence electrons. The smallest absolute Gasteiger partial charge is 0.273 e. The lowest BCUT2D eigenvalue weighted by atomic mass is 10.1. The number of halogens is 2. The van der Waals surface area contributed by atoms with Gasteiger partial charge in [0.05, 0.1) is 5.02 Å². The van der Waals surface area contributed by atoms with Crippen LogP contribution in [0.3, 0.4) is 0 Å². The standard InChI is InChI=1S/C11H6ClFN2O3/c12-7-2-1-3-8(13)5(7)4-6-9(16)14-11(18)15-10(6)17/h1-4H,(H2,14,15,16,17,18). The fourth-order valence-electron chi connectivity index (χ4n) is 1.40. The second-order valence-corrected chi connectivity index (χ2v) is 3.84. The molecule has 0 atom stereocenters. The van der Waals surface area contributed by atoms with Gasteiger partial charge in [-0.3, -0.25) is 20.2 Å². The second-order valence-electron chi connectivity index (χ2n) is 3.43. The molecular weight excluding hydrogens is 263 g/mol. The van der Waals surface area contributed by atoms with E-state index in [2.05, 4.69) is 0 Å². The first-order chi connectivity index (χ1) is 8.49. The molecule has 1 fully saturated rings. The van der Waals surface area contributed by atoms with Crippen LogP contribution in [0, 0.1) is 5.82 Å². The topological polar surface area (TPSA) is 75.3 Å². The summed E-state index contributed by atoms with van der Waals surface area (Å²) in [5.41, 5.74) is -0.476. The highest BCUT2D eigenvalue weighted by Gasteiger charge is 2.28. The first-order valence-corrected chi connectivity index (χ1v) is 5.19. The Kier molecular flexibility index (Phi) is 3.12. The third kappa shape index (κ3) is 2.23. The van der Waals surface area contributed by atoms with Crippen molar-refractivity contribution in [3.63, 3.8) is 0 Å². The minimum atomic E-state index is -0.915. The molecule has 0 radical (unpaired) electrons. The van der Waals surface area contributed by atoms with Crippen molar-refractivity contribution in [2.45, 2.75) is 0 Å². The molecule has 0 saturated carbocycles. The van der Waals surface area contributed by atoms with Crippen LogP contribution in [0.5, 0.6) is 0 Å². The summed E-state index contributed by atoms with van der Waals surface area (Å²) in [4.78, 5) is 33.7. The quantitative estimate of drug-likeness (QED) is 0.594. The van der Waals surface area contributed by atoms with Gasteiger partial charge in [0, 0.05) is 5.56 Å². The molecule has 1 aliphatic rings. The van der Waals surface area contributed by atoms with Gasteiger partial charge in [-0.1, -0.05) is 17.7 Å². The van der Waals surface area contributed by atoms with Crippen LogP contribution in [-0.4, -0.2) is 17.8 Å². The molecule has 1 heterocycles. The van der Waals surface area contributed by atoms with Gasteiger partial charge in [0.1, 0.15) is 11.4 Å². The average Bonchev–Trinajstić information content (AvgIpc) is 2.26. The Bertz CT molecular complexity index is 556. The van der Waals surface area contributed by atoms with Gasteiger partial charge in [-0.25, -0.2) is 9.18 Å². The summed E-state index contributed by atoms with van der Waals surface area (Å²) in [7, 11) is 0. The molecule has 4 amide bonds. The number of carbonyl (C=O) groups is 3. The molecule has 18 heavy (non-hydrogen) atoms. The zero-order chi connectivity index (χ0) is 13.3. The van der Waals surface area contributed by atoms with Crippen molar-refractivity contribution in [2.24, 2.45) is 0 Å². The number of urea groups is 1. The van der Waals surface area contributed by atoms with E-state index in [4.69, 9.17) is 11.6 Å². The highest BCUT2D eigenvalue weighted by Crippen LogP contribution is 2.22. The van der Waals surface area contributed by atoms with Crippen LogP contribution < -0.4 is 10.6 Å². The third-order valence-corrected chi connectivity index (χ3v) is 2.56. The van der Waals surface area contributed by atoms with Crippen molar-refractivity contribution in [2.75, 3.05) is 0 Å². The maximum absolute atomic E-state index is 13.5. The minimum Gasteiger partial charge on any atom is -0.273 e. The van der Waals surface area contributed by atoms with Gasteiger partial charge in [0.2, 0.25) is 0 Å². The van der Waals surface area contributed by atoms with Gasteiger partial charge in [0.25, 0.3) is 11.8 Å². The minimum absolute atomic E-state index is 0.0556. The fraction of sp³-hybridized carbons (Fsp3) is 0. The van der Waals surface area contributed by atoms with Gasteiger partial charge in [-0.15, -0.1) is 0 Å². The lowest BCUT2D eigenvalue weighted by Crippen LogP contribution is -2.51. The van der Waals surface area contributed by atoms with Crippen LogP contribution in [0.25, 0.3) is 6.08 Å². The molecular formula is C11H6ClFN2O3. The van der Waals surface area contributed by atoms with Gasteiger partial charge in [-0.05, 0) is 18.2 Å². The molecule has 0 spiro atoms. The summed E-state index contributed by atoms with van der Waals surface area (Å²) in [6, 6.07) is 3.04. The van der Waals surface area contributed by atoms with Crippen molar-refractivity contribution in [3.05, 3.63) is 40.2 Å². The van der Waals surface area contributed by atoms with Crippen LogP contribution in [0.4, 0.5) is 9.18 Å². The van der Waals surface area contributed by atoms with E-state index in [9.17, 15) is 18.8 Å². The number of benzene rings is 1. The molecule has 1 aromatic rings. The Morgan fingerprint density at radius 3 is 2.28 bits per heavy atom. The van der Waals surface area contributed by atoms with Gasteiger partial charge in [0.15, 0.2) is 0 Å². The lowest BCUT2D eigenvalue weighted by molar-refractivity contribution is -0.123. The highest BCUT2D eigenvalue weighted by molar-refractivity contribution is 6.34. The molecule has 1 aliphatic heterocycles. The highest BCUT2D eigenvalue weighted by atomic mass is 35.5. The van der Waals surface area contributed by atoms with Crippen molar-refractivity contribution < 1.29 is 18.8 Å². The maximum atomic E-state index is 13.5. The molecule has 0 aromatic heterocycles. The lowest BCUT2D eigenvalue weighted by Gasteiger charge is -2.14. The second kappa shape index (κ2) is 4.58. The Labute approximate surface area is 106 Å². The van der Waals surface area contributed by atoms with Crippen LogP contribution in [0.1, 0.15) is 5.56 Å². The Morgan fingerprint density at radius 1 is 1.11 bits per heavy atom. The SMILES string of the molecule is O=C1NC(=O)C(=Cc2c(F)cccc2Cl)C(=O)N1. The van der Waals surface area contributed by atoms with Gasteiger partial charge in [-0.2, -0.15) is 0 Å². The van der Waals surface area contributed by atoms with Crippen LogP contribution in [0.15, 0.2) is 23.8 Å². The zero-order valence-corrected chi connectivity index (χ0v) is 9.55. The molecule has 0 aliphatic carbocycles. The first kappa shape index (κ1) is 12.3. The predicted molar refractivity (Wildman–Crippen MR) is 61.1 cm³/mol. The summed E-state index contributed by atoms with van der Waals surface area (Å²) in [6.07, 6.45) is 0.995. The van der Waals surface area contributed by atoms with Crippen molar-refractivity contribution in [3.8, 4) is 0 Å². The van der Waals surface area contributed by atoms with E-state index < -0.39 is 23.7 Å². The van der Waals surface area contributed by atoms with Gasteiger partial charge < -0.3 is 0 Å². The molecule has 5 nitrogen and oxygen atoms in total. The monoisotopic (exact) mass is 268 g/mol. The number of hydrogen-bond donors (Lipinski definition) is 2. The van der Waals surface area contributed by atoms with Crippen molar-refractivity contribution in [1.29, 1.82) is 0 Å². The fourth-order valence-corrected chi connectivity index (χ4v) is 1.62. The molecule has 0 unspecified atom stereocenters. The van der Waals surface area contributed by atoms with Gasteiger partial charge >= 0.3 is 6.03 Å². The number of rotatable bonds is 1. The number of amides is 4. The number of barbiturate groups is 1. The van der Waals surface area contributed by atoms with E-state index in [0.717, 1.165) is 12.1 Å². The van der Waals surface area contributed by atoms with Crippen LogP contribution >= 0.6 is 11.6 Å². The summed E-state index contributed by atoms with van der Waals surface area (Å²) in [6.45, 7) is 0. The number of carbonyl (C=O) groups excluding carboxylic acids is 3. The van der Waals surface area contributed by atoms with Crippen LogP contribution in [0.2, 0.25) is 5.02 Å². The van der Waals surface area contributed by atoms with E-state index in [1.165, 1.54) is 12.1 Å². The molecule has 1 saturated heterocycles. The van der Waals surface area contributed by atoms with E-state index in [1.807, 2.05) is 10.6 Å². The van der Waals surface area contributed by atoms with E-state index in [-0.39, 0.29) is 16.2 Å². The summed E-state index contributed by atoms with van der Waals surface area (Å²) in [5, 5.41) is 3.81. The number of hydrogen-bond acceptors (Lipinski definition) is 3. The Balaban J connectivity index is 2.47. The third-order valence-electron chi connectivity index (χ3n) is 2.23. The van der Waals surface area contributed by atoms with Crippen LogP contribution in [-0.2, 0) is 9.59 Å². The molecule has 2 N–H and O–H groups in total.